The number of aromatic nitrogens is 1. The van der Waals surface area contributed by atoms with Crippen molar-refractivity contribution in [3.63, 3.8) is 0 Å². The molecule has 1 N–H and O–H groups in total. The molecule has 0 spiro atoms. The average molecular weight is 435 g/mol. The molecule has 3 unspecified atom stereocenters. The number of pyridine rings is 1. The van der Waals surface area contributed by atoms with Crippen LogP contribution >= 0.6 is 0 Å². The molecule has 1 aromatic heterocycles. The third-order valence-corrected chi connectivity index (χ3v) is 8.12. The molecule has 174 valence electrons. The van der Waals surface area contributed by atoms with Gasteiger partial charge in [0.2, 0.25) is 0 Å². The zero-order chi connectivity index (χ0) is 22.5. The first kappa shape index (κ1) is 23.3. The van der Waals surface area contributed by atoms with Crippen LogP contribution in [0.15, 0.2) is 24.3 Å². The molecule has 2 aromatic rings. The van der Waals surface area contributed by atoms with E-state index in [9.17, 15) is 0 Å². The van der Waals surface area contributed by atoms with Crippen LogP contribution in [0.5, 0.6) is 5.75 Å². The molecular weight excluding hydrogens is 392 g/mol. The molecule has 3 heteroatoms. The largest absolute Gasteiger partial charge is 0.496 e. The standard InChI is InChI=1S/C29H42N2O/c1-5-21-12-9-13-22(6-2)29(21)27-19-28(32-4)24(20(3)31-27)17-18-30-26-16-10-14-23-11-7-8-15-25(23)26/h9,12-13,19,23,25-26,30H,5-8,10-11,14-18H2,1-4H3. The van der Waals surface area contributed by atoms with Crippen LogP contribution in [0.25, 0.3) is 11.3 Å². The highest BCUT2D eigenvalue weighted by Crippen LogP contribution is 2.40. The lowest BCUT2D eigenvalue weighted by Crippen LogP contribution is -2.44. The first-order chi connectivity index (χ1) is 15.7. The molecule has 2 aliphatic rings. The number of methoxy groups -OCH3 is 1. The van der Waals surface area contributed by atoms with Crippen molar-refractivity contribution in [2.24, 2.45) is 11.8 Å². The number of ether oxygens (including phenoxy) is 1. The van der Waals surface area contributed by atoms with Gasteiger partial charge in [-0.25, -0.2) is 0 Å². The van der Waals surface area contributed by atoms with Gasteiger partial charge >= 0.3 is 0 Å². The van der Waals surface area contributed by atoms with Gasteiger partial charge in [0, 0.05) is 28.9 Å². The molecule has 0 aliphatic heterocycles. The van der Waals surface area contributed by atoms with E-state index in [2.05, 4.69) is 50.4 Å². The molecule has 4 rings (SSSR count). The first-order valence-corrected chi connectivity index (χ1v) is 13.0. The van der Waals surface area contributed by atoms with Gasteiger partial charge in [0.25, 0.3) is 0 Å². The maximum Gasteiger partial charge on any atom is 0.126 e. The van der Waals surface area contributed by atoms with E-state index in [1.165, 1.54) is 67.2 Å². The lowest BCUT2D eigenvalue weighted by Gasteiger charge is -2.42. The summed E-state index contributed by atoms with van der Waals surface area (Å²) < 4.78 is 5.90. The zero-order valence-electron chi connectivity index (χ0n) is 20.7. The fourth-order valence-corrected chi connectivity index (χ4v) is 6.43. The van der Waals surface area contributed by atoms with Crippen molar-refractivity contribution in [1.29, 1.82) is 0 Å². The molecule has 1 heterocycles. The Hall–Kier alpha value is -1.87. The Bertz CT molecular complexity index is 882. The highest BCUT2D eigenvalue weighted by atomic mass is 16.5. The van der Waals surface area contributed by atoms with Gasteiger partial charge in [0.1, 0.15) is 5.75 Å². The zero-order valence-corrected chi connectivity index (χ0v) is 20.7. The van der Waals surface area contributed by atoms with E-state index in [4.69, 9.17) is 9.72 Å². The number of nitrogens with one attached hydrogen (secondary N) is 1. The summed E-state index contributed by atoms with van der Waals surface area (Å²) in [5.41, 5.74) is 7.45. The van der Waals surface area contributed by atoms with E-state index in [1.54, 1.807) is 7.11 Å². The summed E-state index contributed by atoms with van der Waals surface area (Å²) in [6, 6.07) is 9.52. The van der Waals surface area contributed by atoms with Gasteiger partial charge in [-0.2, -0.15) is 0 Å². The van der Waals surface area contributed by atoms with Crippen LogP contribution in [0.1, 0.15) is 81.2 Å². The summed E-state index contributed by atoms with van der Waals surface area (Å²) in [5, 5.41) is 3.95. The Morgan fingerprint density at radius 1 is 1.00 bits per heavy atom. The fourth-order valence-electron chi connectivity index (χ4n) is 6.43. The van der Waals surface area contributed by atoms with Gasteiger partial charge in [0.15, 0.2) is 0 Å². The van der Waals surface area contributed by atoms with Crippen molar-refractivity contribution in [1.82, 2.24) is 10.3 Å². The van der Waals surface area contributed by atoms with E-state index in [0.29, 0.717) is 6.04 Å². The van der Waals surface area contributed by atoms with Gasteiger partial charge in [0.05, 0.1) is 12.8 Å². The Morgan fingerprint density at radius 3 is 2.44 bits per heavy atom. The van der Waals surface area contributed by atoms with Crippen molar-refractivity contribution in [3.05, 3.63) is 46.6 Å². The minimum Gasteiger partial charge on any atom is -0.496 e. The van der Waals surface area contributed by atoms with Crippen LogP contribution in [0.2, 0.25) is 0 Å². The van der Waals surface area contributed by atoms with Gasteiger partial charge in [-0.3, -0.25) is 4.98 Å². The Kier molecular flexibility index (Phi) is 7.88. The predicted octanol–water partition coefficient (Wildman–Crippen LogP) is 6.68. The molecule has 0 radical (unpaired) electrons. The van der Waals surface area contributed by atoms with Gasteiger partial charge in [-0.1, -0.05) is 64.2 Å². The lowest BCUT2D eigenvalue weighted by molar-refractivity contribution is 0.126. The van der Waals surface area contributed by atoms with E-state index in [0.717, 1.165) is 54.8 Å². The van der Waals surface area contributed by atoms with Crippen LogP contribution in [-0.2, 0) is 19.3 Å². The van der Waals surface area contributed by atoms with Crippen LogP contribution in [0.4, 0.5) is 0 Å². The summed E-state index contributed by atoms with van der Waals surface area (Å²) in [7, 11) is 1.80. The summed E-state index contributed by atoms with van der Waals surface area (Å²) >= 11 is 0. The normalized spacial score (nSPS) is 23.1. The molecule has 32 heavy (non-hydrogen) atoms. The summed E-state index contributed by atoms with van der Waals surface area (Å²) in [5.74, 6) is 2.86. The molecule has 2 saturated carbocycles. The summed E-state index contributed by atoms with van der Waals surface area (Å²) in [4.78, 5) is 5.09. The number of nitrogens with zero attached hydrogens (tertiary/aromatic N) is 1. The van der Waals surface area contributed by atoms with Gasteiger partial charge in [-0.05, 0) is 68.5 Å². The molecule has 1 aromatic carbocycles. The summed E-state index contributed by atoms with van der Waals surface area (Å²) in [6.45, 7) is 7.62. The molecule has 3 atom stereocenters. The van der Waals surface area contributed by atoms with E-state index in [1.807, 2.05) is 0 Å². The maximum absolute atomic E-state index is 5.90. The van der Waals surface area contributed by atoms with E-state index in [-0.39, 0.29) is 0 Å². The van der Waals surface area contributed by atoms with Crippen molar-refractivity contribution in [3.8, 4) is 17.0 Å². The minimum absolute atomic E-state index is 0.705. The minimum atomic E-state index is 0.705. The third-order valence-electron chi connectivity index (χ3n) is 8.12. The number of aryl methyl sites for hydroxylation is 3. The van der Waals surface area contributed by atoms with Crippen molar-refractivity contribution in [2.45, 2.75) is 91.0 Å². The fraction of sp³-hybridized carbons (Fsp3) is 0.621. The molecular formula is C29H42N2O. The predicted molar refractivity (Wildman–Crippen MR) is 135 cm³/mol. The second-order valence-corrected chi connectivity index (χ2v) is 9.88. The molecule has 0 bridgehead atoms. The number of hydrogen-bond acceptors (Lipinski definition) is 3. The Morgan fingerprint density at radius 2 is 1.72 bits per heavy atom. The van der Waals surface area contributed by atoms with E-state index >= 15 is 0 Å². The first-order valence-electron chi connectivity index (χ1n) is 13.0. The second-order valence-electron chi connectivity index (χ2n) is 9.88. The quantitative estimate of drug-likeness (QED) is 0.503. The maximum atomic E-state index is 5.90. The van der Waals surface area contributed by atoms with Crippen molar-refractivity contribution in [2.75, 3.05) is 13.7 Å². The average Bonchev–Trinajstić information content (AvgIpc) is 2.84. The number of hydrogen-bond donors (Lipinski definition) is 1. The van der Waals surface area contributed by atoms with Gasteiger partial charge < -0.3 is 10.1 Å². The van der Waals surface area contributed by atoms with Crippen molar-refractivity contribution < 1.29 is 4.74 Å². The molecule has 2 aliphatic carbocycles. The third kappa shape index (κ3) is 4.88. The SMILES string of the molecule is CCc1cccc(CC)c1-c1cc(OC)c(CCNC2CCCC3CCCCC32)c(C)n1. The highest BCUT2D eigenvalue weighted by molar-refractivity contribution is 5.70. The van der Waals surface area contributed by atoms with Crippen LogP contribution in [-0.4, -0.2) is 24.7 Å². The lowest BCUT2D eigenvalue weighted by atomic mass is 9.68. The highest BCUT2D eigenvalue weighted by Gasteiger charge is 2.34. The topological polar surface area (TPSA) is 34.1 Å². The second kappa shape index (κ2) is 10.8. The molecule has 2 fully saturated rings. The smallest absolute Gasteiger partial charge is 0.126 e. The molecule has 0 amide bonds. The number of benzene rings is 1. The van der Waals surface area contributed by atoms with Crippen molar-refractivity contribution >= 4 is 0 Å². The van der Waals surface area contributed by atoms with Crippen LogP contribution in [0, 0.1) is 18.8 Å². The van der Waals surface area contributed by atoms with Crippen LogP contribution < -0.4 is 10.1 Å². The Labute approximate surface area is 195 Å². The monoisotopic (exact) mass is 434 g/mol. The summed E-state index contributed by atoms with van der Waals surface area (Å²) in [6.07, 6.45) is 13.0. The van der Waals surface area contributed by atoms with E-state index < -0.39 is 0 Å². The van der Waals surface area contributed by atoms with Gasteiger partial charge in [-0.15, -0.1) is 0 Å². The number of fused-ring (bicyclic) bond motifs is 1. The number of rotatable bonds is 8. The molecule has 0 saturated heterocycles. The van der Waals surface area contributed by atoms with Crippen LogP contribution in [0.3, 0.4) is 0 Å². The Balaban J connectivity index is 1.51. The molecule has 3 nitrogen and oxygen atoms in total.